The lowest BCUT2D eigenvalue weighted by molar-refractivity contribution is -0.113. The summed E-state index contributed by atoms with van der Waals surface area (Å²) in [5.41, 5.74) is 2.52. The number of carbonyl (C=O) groups is 1. The predicted octanol–water partition coefficient (Wildman–Crippen LogP) is 5.02. The first-order valence-corrected chi connectivity index (χ1v) is 12.6. The first-order chi connectivity index (χ1) is 16.7. The predicted molar refractivity (Wildman–Crippen MR) is 133 cm³/mol. The van der Waals surface area contributed by atoms with Crippen molar-refractivity contribution in [1.82, 2.24) is 19.7 Å². The van der Waals surface area contributed by atoms with Gasteiger partial charge in [0.25, 0.3) is 0 Å². The molecule has 2 aromatic heterocycles. The minimum atomic E-state index is -0.154. The average Bonchev–Trinajstić information content (AvgIpc) is 3.46. The Hall–Kier alpha value is -3.37. The molecule has 0 unspecified atom stereocenters. The van der Waals surface area contributed by atoms with Crippen LogP contribution in [0.15, 0.2) is 59.1 Å². The van der Waals surface area contributed by atoms with E-state index >= 15 is 0 Å². The van der Waals surface area contributed by atoms with Gasteiger partial charge in [-0.3, -0.25) is 9.36 Å². The number of hydrogen-bond donors (Lipinski definition) is 1. The van der Waals surface area contributed by atoms with Crippen molar-refractivity contribution < 1.29 is 14.3 Å². The zero-order valence-corrected chi connectivity index (χ0v) is 20.4. The Balaban J connectivity index is 1.28. The molecule has 174 valence electrons. The molecule has 0 saturated heterocycles. The molecule has 1 amide bonds. The molecular formula is C24H23N5O3S2. The molecule has 0 bridgehead atoms. The maximum Gasteiger partial charge on any atom is 0.236 e. The second-order valence-corrected chi connectivity index (χ2v) is 9.53. The number of methoxy groups -OCH3 is 2. The molecule has 2 aromatic carbocycles. The fourth-order valence-electron chi connectivity index (χ4n) is 3.55. The van der Waals surface area contributed by atoms with Crippen molar-refractivity contribution in [2.75, 3.05) is 25.3 Å². The molecule has 5 rings (SSSR count). The van der Waals surface area contributed by atoms with E-state index in [9.17, 15) is 4.79 Å². The highest BCUT2D eigenvalue weighted by Crippen LogP contribution is 2.41. The van der Waals surface area contributed by atoms with Gasteiger partial charge in [0.15, 0.2) is 10.3 Å². The van der Waals surface area contributed by atoms with Crippen LogP contribution in [0.2, 0.25) is 0 Å². The van der Waals surface area contributed by atoms with Crippen molar-refractivity contribution in [1.29, 1.82) is 0 Å². The van der Waals surface area contributed by atoms with Crippen LogP contribution in [0.4, 0.5) is 5.13 Å². The topological polar surface area (TPSA) is 91.2 Å². The first-order valence-electron chi connectivity index (χ1n) is 10.8. The van der Waals surface area contributed by atoms with E-state index in [4.69, 9.17) is 9.47 Å². The molecule has 1 aliphatic carbocycles. The highest BCUT2D eigenvalue weighted by Gasteiger charge is 2.31. The van der Waals surface area contributed by atoms with Crippen LogP contribution in [0.25, 0.3) is 16.9 Å². The second-order valence-electron chi connectivity index (χ2n) is 7.73. The van der Waals surface area contributed by atoms with Gasteiger partial charge < -0.3 is 14.8 Å². The van der Waals surface area contributed by atoms with Crippen molar-refractivity contribution in [2.24, 2.45) is 0 Å². The van der Waals surface area contributed by atoms with Crippen LogP contribution in [0, 0.1) is 0 Å². The minimum absolute atomic E-state index is 0.154. The summed E-state index contributed by atoms with van der Waals surface area (Å²) in [5, 5.41) is 14.8. The van der Waals surface area contributed by atoms with Crippen LogP contribution in [-0.2, 0) is 4.79 Å². The number of anilines is 1. The molecule has 2 heterocycles. The van der Waals surface area contributed by atoms with Crippen molar-refractivity contribution in [3.63, 3.8) is 0 Å². The fourth-order valence-corrected chi connectivity index (χ4v) is 5.04. The summed E-state index contributed by atoms with van der Waals surface area (Å²) in [6, 6.07) is 15.6. The third-order valence-corrected chi connectivity index (χ3v) is 7.07. The summed E-state index contributed by atoms with van der Waals surface area (Å²) in [6.45, 7) is 0. The van der Waals surface area contributed by atoms with Crippen LogP contribution >= 0.6 is 23.1 Å². The van der Waals surface area contributed by atoms with Crippen molar-refractivity contribution in [2.45, 2.75) is 23.9 Å². The number of benzene rings is 2. The number of thiazole rings is 1. The van der Waals surface area contributed by atoms with Gasteiger partial charge in [0.1, 0.15) is 17.3 Å². The quantitative estimate of drug-likeness (QED) is 0.328. The van der Waals surface area contributed by atoms with Crippen molar-refractivity contribution in [3.8, 4) is 28.4 Å². The molecule has 10 heteroatoms. The zero-order valence-electron chi connectivity index (χ0n) is 18.7. The van der Waals surface area contributed by atoms with Gasteiger partial charge in [0.05, 0.1) is 25.7 Å². The maximum atomic E-state index is 12.7. The minimum Gasteiger partial charge on any atom is -0.497 e. The van der Waals surface area contributed by atoms with Crippen LogP contribution in [0.5, 0.6) is 11.5 Å². The smallest absolute Gasteiger partial charge is 0.236 e. The van der Waals surface area contributed by atoms with E-state index in [1.807, 2.05) is 53.9 Å². The molecule has 0 atom stereocenters. The van der Waals surface area contributed by atoms with E-state index in [0.29, 0.717) is 33.4 Å². The molecular weight excluding hydrogens is 470 g/mol. The number of para-hydroxylation sites is 1. The molecule has 1 N–H and O–H groups in total. The third-order valence-electron chi connectivity index (χ3n) is 5.38. The van der Waals surface area contributed by atoms with Gasteiger partial charge in [-0.15, -0.1) is 21.5 Å². The number of hydrogen-bond acceptors (Lipinski definition) is 8. The lowest BCUT2D eigenvalue weighted by atomic mass is 10.1. The molecule has 1 saturated carbocycles. The van der Waals surface area contributed by atoms with Gasteiger partial charge in [-0.05, 0) is 43.2 Å². The van der Waals surface area contributed by atoms with E-state index in [1.165, 1.54) is 23.1 Å². The monoisotopic (exact) mass is 493 g/mol. The number of thioether (sulfide) groups is 1. The molecule has 0 spiro atoms. The third kappa shape index (κ3) is 4.78. The van der Waals surface area contributed by atoms with Crippen LogP contribution in [-0.4, -0.2) is 45.6 Å². The van der Waals surface area contributed by atoms with Crippen LogP contribution in [0.1, 0.15) is 24.6 Å². The maximum absolute atomic E-state index is 12.7. The van der Waals surface area contributed by atoms with Crippen LogP contribution < -0.4 is 14.8 Å². The lowest BCUT2D eigenvalue weighted by Crippen LogP contribution is -2.14. The Morgan fingerprint density at radius 2 is 1.97 bits per heavy atom. The Morgan fingerprint density at radius 1 is 1.15 bits per heavy atom. The number of nitrogens with zero attached hydrogens (tertiary/aromatic N) is 4. The highest BCUT2D eigenvalue weighted by molar-refractivity contribution is 7.99. The molecule has 34 heavy (non-hydrogen) atoms. The lowest BCUT2D eigenvalue weighted by Gasteiger charge is -2.09. The van der Waals surface area contributed by atoms with Gasteiger partial charge >= 0.3 is 0 Å². The second kappa shape index (κ2) is 9.86. The zero-order chi connectivity index (χ0) is 23.5. The molecule has 4 aromatic rings. The largest absolute Gasteiger partial charge is 0.497 e. The number of nitrogens with one attached hydrogen (secondary N) is 1. The summed E-state index contributed by atoms with van der Waals surface area (Å²) >= 11 is 2.73. The Morgan fingerprint density at radius 3 is 2.71 bits per heavy atom. The number of rotatable bonds is 9. The van der Waals surface area contributed by atoms with Crippen LogP contribution in [0.3, 0.4) is 0 Å². The number of amides is 1. The Bertz CT molecular complexity index is 1300. The van der Waals surface area contributed by atoms with E-state index in [0.717, 1.165) is 29.9 Å². The van der Waals surface area contributed by atoms with E-state index in [1.54, 1.807) is 14.2 Å². The first kappa shape index (κ1) is 22.4. The summed E-state index contributed by atoms with van der Waals surface area (Å²) in [7, 11) is 3.22. The molecule has 0 aliphatic heterocycles. The van der Waals surface area contributed by atoms with Crippen molar-refractivity contribution in [3.05, 3.63) is 59.7 Å². The van der Waals surface area contributed by atoms with E-state index in [-0.39, 0.29) is 11.7 Å². The van der Waals surface area contributed by atoms with Gasteiger partial charge in [-0.1, -0.05) is 30.0 Å². The molecule has 0 radical (unpaired) electrons. The average molecular weight is 494 g/mol. The van der Waals surface area contributed by atoms with Gasteiger partial charge in [0.2, 0.25) is 5.91 Å². The summed E-state index contributed by atoms with van der Waals surface area (Å²) < 4.78 is 12.8. The summed E-state index contributed by atoms with van der Waals surface area (Å²) in [6.07, 6.45) is 2.25. The van der Waals surface area contributed by atoms with E-state index in [2.05, 4.69) is 25.1 Å². The van der Waals surface area contributed by atoms with Crippen molar-refractivity contribution >= 4 is 34.1 Å². The normalized spacial score (nSPS) is 13.0. The molecule has 1 aliphatic rings. The van der Waals surface area contributed by atoms with E-state index < -0.39 is 0 Å². The fraction of sp³-hybridized carbons (Fsp3) is 0.250. The molecule has 1 fully saturated rings. The number of carbonyl (C=O) groups excluding carboxylic acids is 1. The Labute approximate surface area is 205 Å². The summed E-state index contributed by atoms with van der Waals surface area (Å²) in [5.74, 6) is 2.85. The van der Waals surface area contributed by atoms with Gasteiger partial charge in [-0.25, -0.2) is 4.98 Å². The standard InChI is InChI=1S/C24H23N5O3S2/c1-31-17-10-11-20(32-2)18(12-17)19-13-33-23(25-19)26-21(30)14-34-24-28-27-22(15-8-9-15)29(24)16-6-4-3-5-7-16/h3-7,10-13,15H,8-9,14H2,1-2H3,(H,25,26,30). The highest BCUT2D eigenvalue weighted by atomic mass is 32.2. The SMILES string of the molecule is COc1ccc(OC)c(-c2csc(NC(=O)CSc3nnc(C4CC4)n3-c3ccccc3)n2)c1. The van der Waals surface area contributed by atoms with Gasteiger partial charge in [0, 0.05) is 22.5 Å². The number of ether oxygens (including phenoxy) is 2. The molecule has 8 nitrogen and oxygen atoms in total. The van der Waals surface area contributed by atoms with Gasteiger partial charge in [-0.2, -0.15) is 0 Å². The number of aromatic nitrogens is 4. The summed E-state index contributed by atoms with van der Waals surface area (Å²) in [4.78, 5) is 17.3. The Kier molecular flexibility index (Phi) is 6.50.